The van der Waals surface area contributed by atoms with Gasteiger partial charge in [-0.2, -0.15) is 5.10 Å². The van der Waals surface area contributed by atoms with Crippen LogP contribution in [0.1, 0.15) is 36.0 Å². The maximum Gasteiger partial charge on any atom is 0.160 e. The Labute approximate surface area is 165 Å². The smallest absolute Gasteiger partial charge is 0.160 e. The fraction of sp³-hybridized carbons (Fsp3) is 0.455. The topological polar surface area (TPSA) is 51.9 Å². The standard InChI is InChI=1S/C22H26N4O2/c1-27-19-8-7-16(20(11-19)28-2)13-25-9-3-4-17-14-26-22(24-21(17)25)18(12-23-26)10-15-5-6-15/h7-8,11-12,14-15H,3-6,9-10,13H2,1-2H3. The van der Waals surface area contributed by atoms with E-state index in [-0.39, 0.29) is 0 Å². The number of aryl methyl sites for hydroxylation is 1. The van der Waals surface area contributed by atoms with Gasteiger partial charge >= 0.3 is 0 Å². The third-order valence-electron chi connectivity index (χ3n) is 5.85. The number of aromatic nitrogens is 3. The molecule has 0 bridgehead atoms. The Morgan fingerprint density at radius 2 is 2.04 bits per heavy atom. The molecule has 2 aliphatic rings. The lowest BCUT2D eigenvalue weighted by molar-refractivity contribution is 0.390. The molecule has 146 valence electrons. The van der Waals surface area contributed by atoms with Crippen LogP contribution in [0.2, 0.25) is 0 Å². The first-order valence-electron chi connectivity index (χ1n) is 10.1. The summed E-state index contributed by atoms with van der Waals surface area (Å²) in [5.74, 6) is 3.58. The van der Waals surface area contributed by atoms with Gasteiger partial charge in [-0.05, 0) is 50.2 Å². The lowest BCUT2D eigenvalue weighted by Crippen LogP contribution is -2.30. The molecule has 0 atom stereocenters. The third kappa shape index (κ3) is 3.17. The van der Waals surface area contributed by atoms with E-state index in [9.17, 15) is 0 Å². The largest absolute Gasteiger partial charge is 0.497 e. The fourth-order valence-electron chi connectivity index (χ4n) is 4.12. The van der Waals surface area contributed by atoms with Crippen LogP contribution in [0.3, 0.4) is 0 Å². The fourth-order valence-corrected chi connectivity index (χ4v) is 4.12. The van der Waals surface area contributed by atoms with Gasteiger partial charge in [0.05, 0.1) is 20.4 Å². The van der Waals surface area contributed by atoms with Crippen molar-refractivity contribution < 1.29 is 9.47 Å². The molecule has 0 N–H and O–H groups in total. The van der Waals surface area contributed by atoms with Gasteiger partial charge in [-0.1, -0.05) is 0 Å². The summed E-state index contributed by atoms with van der Waals surface area (Å²) in [6.45, 7) is 1.77. The van der Waals surface area contributed by atoms with Crippen molar-refractivity contribution in [2.75, 3.05) is 25.7 Å². The highest BCUT2D eigenvalue weighted by molar-refractivity contribution is 5.58. The zero-order chi connectivity index (χ0) is 19.1. The van der Waals surface area contributed by atoms with Crippen molar-refractivity contribution in [2.45, 2.75) is 38.6 Å². The van der Waals surface area contributed by atoms with Crippen LogP contribution in [0, 0.1) is 5.92 Å². The van der Waals surface area contributed by atoms with Crippen LogP contribution in [0.5, 0.6) is 11.5 Å². The normalized spacial score (nSPS) is 16.3. The second kappa shape index (κ2) is 7.00. The summed E-state index contributed by atoms with van der Waals surface area (Å²) in [4.78, 5) is 7.46. The Balaban J connectivity index is 1.49. The predicted molar refractivity (Wildman–Crippen MR) is 108 cm³/mol. The Morgan fingerprint density at radius 3 is 2.82 bits per heavy atom. The summed E-state index contributed by atoms with van der Waals surface area (Å²) in [6.07, 6.45) is 10.1. The minimum Gasteiger partial charge on any atom is -0.497 e. The SMILES string of the molecule is COc1ccc(CN2CCCc3cn4ncc(CC5CC5)c4nc32)c(OC)c1. The van der Waals surface area contributed by atoms with Crippen molar-refractivity contribution in [3.63, 3.8) is 0 Å². The molecule has 0 saturated heterocycles. The molecule has 0 radical (unpaired) electrons. The first-order chi connectivity index (χ1) is 13.7. The van der Waals surface area contributed by atoms with E-state index >= 15 is 0 Å². The molecule has 1 aliphatic carbocycles. The van der Waals surface area contributed by atoms with Crippen molar-refractivity contribution in [1.82, 2.24) is 14.6 Å². The number of benzene rings is 1. The molecular weight excluding hydrogens is 352 g/mol. The lowest BCUT2D eigenvalue weighted by Gasteiger charge is -2.30. The summed E-state index contributed by atoms with van der Waals surface area (Å²) in [5, 5.41) is 4.56. The van der Waals surface area contributed by atoms with Gasteiger partial charge in [0.25, 0.3) is 0 Å². The van der Waals surface area contributed by atoms with E-state index in [0.717, 1.165) is 66.8 Å². The van der Waals surface area contributed by atoms with Crippen LogP contribution in [-0.2, 0) is 19.4 Å². The van der Waals surface area contributed by atoms with Crippen LogP contribution in [0.15, 0.2) is 30.6 Å². The molecule has 0 unspecified atom stereocenters. The van der Waals surface area contributed by atoms with Crippen molar-refractivity contribution >= 4 is 11.5 Å². The maximum absolute atomic E-state index is 5.60. The molecule has 6 nitrogen and oxygen atoms in total. The summed E-state index contributed by atoms with van der Waals surface area (Å²) < 4.78 is 12.9. The highest BCUT2D eigenvalue weighted by atomic mass is 16.5. The van der Waals surface area contributed by atoms with Crippen LogP contribution in [0.4, 0.5) is 5.82 Å². The second-order valence-corrected chi connectivity index (χ2v) is 7.88. The van der Waals surface area contributed by atoms with E-state index in [2.05, 4.69) is 22.3 Å². The van der Waals surface area contributed by atoms with Gasteiger partial charge in [0.2, 0.25) is 0 Å². The first kappa shape index (κ1) is 17.3. The number of anilines is 1. The zero-order valence-corrected chi connectivity index (χ0v) is 16.5. The van der Waals surface area contributed by atoms with Crippen LogP contribution < -0.4 is 14.4 Å². The first-order valence-corrected chi connectivity index (χ1v) is 10.1. The number of fused-ring (bicyclic) bond motifs is 2. The van der Waals surface area contributed by atoms with Gasteiger partial charge < -0.3 is 14.4 Å². The quantitative estimate of drug-likeness (QED) is 0.655. The summed E-state index contributed by atoms with van der Waals surface area (Å²) >= 11 is 0. The van der Waals surface area contributed by atoms with Gasteiger partial charge in [0.15, 0.2) is 5.65 Å². The Kier molecular flexibility index (Phi) is 4.34. The Bertz CT molecular complexity index is 1010. The highest BCUT2D eigenvalue weighted by Gasteiger charge is 2.26. The van der Waals surface area contributed by atoms with Crippen molar-refractivity contribution in [1.29, 1.82) is 0 Å². The minimum absolute atomic E-state index is 0.773. The summed E-state index contributed by atoms with van der Waals surface area (Å²) in [7, 11) is 3.38. The summed E-state index contributed by atoms with van der Waals surface area (Å²) in [6, 6.07) is 6.02. The van der Waals surface area contributed by atoms with E-state index in [1.54, 1.807) is 14.2 Å². The lowest BCUT2D eigenvalue weighted by atomic mass is 10.1. The highest BCUT2D eigenvalue weighted by Crippen LogP contribution is 2.35. The molecular formula is C22H26N4O2. The molecule has 3 heterocycles. The molecule has 1 aromatic carbocycles. The summed E-state index contributed by atoms with van der Waals surface area (Å²) in [5.41, 5.74) is 4.70. The maximum atomic E-state index is 5.60. The Morgan fingerprint density at radius 1 is 1.14 bits per heavy atom. The molecule has 3 aromatic rings. The predicted octanol–water partition coefficient (Wildman–Crippen LogP) is 3.65. The van der Waals surface area contributed by atoms with E-state index in [0.29, 0.717) is 0 Å². The third-order valence-corrected chi connectivity index (χ3v) is 5.85. The molecule has 5 rings (SSSR count). The number of nitrogens with zero attached hydrogens (tertiary/aromatic N) is 4. The van der Waals surface area contributed by atoms with Crippen molar-refractivity contribution in [3.8, 4) is 11.5 Å². The molecule has 1 aliphatic heterocycles. The minimum atomic E-state index is 0.773. The number of rotatable bonds is 6. The van der Waals surface area contributed by atoms with Gasteiger partial charge in [0, 0.05) is 42.0 Å². The zero-order valence-electron chi connectivity index (χ0n) is 16.5. The van der Waals surface area contributed by atoms with Crippen LogP contribution >= 0.6 is 0 Å². The van der Waals surface area contributed by atoms with Gasteiger partial charge in [-0.15, -0.1) is 0 Å². The Hall–Kier alpha value is -2.76. The van der Waals surface area contributed by atoms with Crippen LogP contribution in [-0.4, -0.2) is 35.4 Å². The molecule has 28 heavy (non-hydrogen) atoms. The van der Waals surface area contributed by atoms with E-state index < -0.39 is 0 Å². The van der Waals surface area contributed by atoms with Gasteiger partial charge in [-0.3, -0.25) is 0 Å². The number of hydrogen-bond acceptors (Lipinski definition) is 5. The second-order valence-electron chi connectivity index (χ2n) is 7.88. The van der Waals surface area contributed by atoms with E-state index in [1.807, 2.05) is 22.8 Å². The molecule has 2 aromatic heterocycles. The molecule has 1 fully saturated rings. The molecule has 1 saturated carbocycles. The van der Waals surface area contributed by atoms with E-state index in [4.69, 9.17) is 14.5 Å². The molecule has 6 heteroatoms. The van der Waals surface area contributed by atoms with Crippen molar-refractivity contribution in [2.24, 2.45) is 5.92 Å². The average Bonchev–Trinajstić information content (AvgIpc) is 3.47. The molecule has 0 spiro atoms. The van der Waals surface area contributed by atoms with Gasteiger partial charge in [-0.25, -0.2) is 9.50 Å². The monoisotopic (exact) mass is 378 g/mol. The van der Waals surface area contributed by atoms with Gasteiger partial charge in [0.1, 0.15) is 17.3 Å². The molecule has 0 amide bonds. The number of ether oxygens (including phenoxy) is 2. The van der Waals surface area contributed by atoms with E-state index in [1.165, 1.54) is 24.0 Å². The average molecular weight is 378 g/mol. The number of hydrogen-bond donors (Lipinski definition) is 0. The van der Waals surface area contributed by atoms with Crippen LogP contribution in [0.25, 0.3) is 5.65 Å². The number of methoxy groups -OCH3 is 2. The van der Waals surface area contributed by atoms with Crippen molar-refractivity contribution in [3.05, 3.63) is 47.3 Å².